The molecule has 7 aromatic carbocycles. The van der Waals surface area contributed by atoms with Crippen molar-refractivity contribution in [2.75, 3.05) is 0 Å². The summed E-state index contributed by atoms with van der Waals surface area (Å²) < 4.78 is 1.36. The first-order chi connectivity index (χ1) is 30.7. The molecule has 2 atom stereocenters. The molecule has 9 aromatic rings. The van der Waals surface area contributed by atoms with Crippen molar-refractivity contribution in [2.45, 2.75) is 28.9 Å². The third kappa shape index (κ3) is 6.48. The maximum Gasteiger partial charge on any atom is 0.164 e. The van der Waals surface area contributed by atoms with Crippen LogP contribution in [0.1, 0.15) is 33.9 Å². The van der Waals surface area contributed by atoms with Crippen molar-refractivity contribution in [3.8, 4) is 67.5 Å². The highest BCUT2D eigenvalue weighted by Crippen LogP contribution is 2.53. The summed E-state index contributed by atoms with van der Waals surface area (Å²) >= 11 is 3.84. The molecule has 2 unspecified atom stereocenters. The lowest BCUT2D eigenvalue weighted by Crippen LogP contribution is -2.11. The van der Waals surface area contributed by atoms with Crippen molar-refractivity contribution in [2.24, 2.45) is 0 Å². The van der Waals surface area contributed by atoms with Crippen LogP contribution in [0.15, 0.2) is 199 Å². The quantitative estimate of drug-likeness (QED) is 0.160. The lowest BCUT2D eigenvalue weighted by Gasteiger charge is -2.22. The number of aromatic nitrogens is 3. The second-order valence-corrected chi connectivity index (χ2v) is 18.4. The van der Waals surface area contributed by atoms with Crippen LogP contribution in [0.2, 0.25) is 0 Å². The first-order valence-electron chi connectivity index (χ1n) is 21.3. The van der Waals surface area contributed by atoms with E-state index in [0.717, 1.165) is 29.5 Å². The van der Waals surface area contributed by atoms with Gasteiger partial charge < -0.3 is 0 Å². The maximum absolute atomic E-state index is 5.30. The molecule has 62 heavy (non-hydrogen) atoms. The van der Waals surface area contributed by atoms with Gasteiger partial charge in [-0.3, -0.25) is 0 Å². The summed E-state index contributed by atoms with van der Waals surface area (Å²) in [5, 5.41) is 1.66. The maximum atomic E-state index is 5.30. The number of rotatable bonds is 7. The van der Waals surface area contributed by atoms with Gasteiger partial charge in [-0.2, -0.15) is 0 Å². The molecule has 3 heterocycles. The van der Waals surface area contributed by atoms with Crippen LogP contribution in [-0.4, -0.2) is 20.2 Å². The average Bonchev–Trinajstić information content (AvgIpc) is 3.93. The average molecular weight is 830 g/mol. The fraction of sp³-hybridized carbons (Fsp3) is 0.0702. The molecule has 2 aromatic heterocycles. The van der Waals surface area contributed by atoms with Crippen molar-refractivity contribution < 1.29 is 0 Å². The fourth-order valence-electron chi connectivity index (χ4n) is 9.46. The van der Waals surface area contributed by atoms with E-state index in [1.807, 2.05) is 41.3 Å². The normalized spacial score (nSPS) is 16.2. The molecule has 0 radical (unpaired) electrons. The van der Waals surface area contributed by atoms with Gasteiger partial charge in [-0.15, -0.1) is 23.1 Å². The van der Waals surface area contributed by atoms with Crippen LogP contribution in [-0.2, 0) is 6.42 Å². The van der Waals surface area contributed by atoms with Crippen molar-refractivity contribution >= 4 is 44.8 Å². The Kier molecular flexibility index (Phi) is 9.24. The van der Waals surface area contributed by atoms with Crippen LogP contribution in [0.4, 0.5) is 0 Å². The number of thioether (sulfide) groups is 1. The highest BCUT2D eigenvalue weighted by Gasteiger charge is 2.36. The number of hydrogen-bond acceptors (Lipinski definition) is 5. The molecule has 3 aliphatic rings. The zero-order valence-electron chi connectivity index (χ0n) is 33.8. The van der Waals surface area contributed by atoms with E-state index in [1.54, 1.807) is 0 Å². The third-order valence-electron chi connectivity index (χ3n) is 12.4. The van der Waals surface area contributed by atoms with Gasteiger partial charge in [0.2, 0.25) is 0 Å². The second-order valence-electron chi connectivity index (χ2n) is 16.1. The summed E-state index contributed by atoms with van der Waals surface area (Å²) in [5.74, 6) is 2.17. The van der Waals surface area contributed by atoms with Gasteiger partial charge in [0.05, 0.1) is 0 Å². The summed E-state index contributed by atoms with van der Waals surface area (Å²) in [7, 11) is 0. The summed E-state index contributed by atoms with van der Waals surface area (Å²) in [6.45, 7) is 0. The topological polar surface area (TPSA) is 38.7 Å². The predicted octanol–water partition coefficient (Wildman–Crippen LogP) is 15.3. The third-order valence-corrected chi connectivity index (χ3v) is 15.0. The van der Waals surface area contributed by atoms with Crippen molar-refractivity contribution in [3.05, 3.63) is 216 Å². The van der Waals surface area contributed by atoms with E-state index in [-0.39, 0.29) is 11.2 Å². The minimum Gasteiger partial charge on any atom is -0.208 e. The largest absolute Gasteiger partial charge is 0.208 e. The molecule has 0 spiro atoms. The molecule has 2 aliphatic carbocycles. The van der Waals surface area contributed by atoms with Crippen LogP contribution in [0.3, 0.4) is 0 Å². The van der Waals surface area contributed by atoms with Crippen molar-refractivity contribution in [1.29, 1.82) is 0 Å². The highest BCUT2D eigenvalue weighted by atomic mass is 32.2. The molecule has 0 amide bonds. The Morgan fingerprint density at radius 3 is 1.82 bits per heavy atom. The molecule has 0 saturated carbocycles. The Labute approximate surface area is 369 Å². The highest BCUT2D eigenvalue weighted by molar-refractivity contribution is 8.00. The second kappa shape index (κ2) is 15.5. The van der Waals surface area contributed by atoms with E-state index in [2.05, 4.69) is 182 Å². The first-order valence-corrected chi connectivity index (χ1v) is 23.0. The minimum absolute atomic E-state index is 0.143. The number of benzene rings is 7. The van der Waals surface area contributed by atoms with E-state index >= 15 is 0 Å². The summed E-state index contributed by atoms with van der Waals surface area (Å²) in [6, 6.07) is 60.7. The number of allylic oxidation sites excluding steroid dienone is 4. The Morgan fingerprint density at radius 2 is 1.05 bits per heavy atom. The molecule has 3 nitrogen and oxygen atoms in total. The van der Waals surface area contributed by atoms with Crippen LogP contribution >= 0.6 is 23.1 Å². The van der Waals surface area contributed by atoms with E-state index in [0.29, 0.717) is 17.5 Å². The Hall–Kier alpha value is -6.92. The molecule has 5 heteroatoms. The number of nitrogens with zero attached hydrogens (tertiary/aromatic N) is 3. The SMILES string of the molecule is C1=Cc2sc3c(-c4ccc(-c5nc(-c6ccccc6)nc(-c6cccc7c6C6C=C(c8ccccc8-c8ccccc8-c8ccccc8)C=CC6S7)n5)cc4)cccc3c2CC1. The summed E-state index contributed by atoms with van der Waals surface area (Å²) in [5.41, 5.74) is 15.6. The van der Waals surface area contributed by atoms with Gasteiger partial charge in [-0.1, -0.05) is 188 Å². The fourth-order valence-corrected chi connectivity index (χ4v) is 12.1. The predicted molar refractivity (Wildman–Crippen MR) is 261 cm³/mol. The van der Waals surface area contributed by atoms with E-state index in [4.69, 9.17) is 15.0 Å². The lowest BCUT2D eigenvalue weighted by molar-refractivity contribution is 0.883. The summed E-state index contributed by atoms with van der Waals surface area (Å²) in [6.07, 6.45) is 14.0. The van der Waals surface area contributed by atoms with Gasteiger partial charge in [-0.25, -0.2) is 15.0 Å². The molecule has 0 fully saturated rings. The molecular formula is C57H39N3S2. The standard InChI is InChI=1S/C57H39N3S2/c1-3-15-36(16-4-1)41-19-7-9-21-44(41)45-22-10-8-20-42(45)40-33-34-51-49(35-40)53-48(26-14-28-52(53)61-51)57-59-55(38-17-5-2-6-18-38)58-56(60-57)39-31-29-37(30-32-39)43-24-13-25-47-46-23-11-12-27-50(46)62-54(43)47/h1-10,12-22,24-35,49,51H,11,23H2. The number of aryl methyl sites for hydroxylation is 1. The molecule has 12 rings (SSSR count). The van der Waals surface area contributed by atoms with Gasteiger partial charge >= 0.3 is 0 Å². The minimum atomic E-state index is 0.143. The van der Waals surface area contributed by atoms with Crippen LogP contribution in [0.5, 0.6) is 0 Å². The van der Waals surface area contributed by atoms with Gasteiger partial charge in [0, 0.05) is 42.3 Å². The molecule has 0 N–H and O–H groups in total. The smallest absolute Gasteiger partial charge is 0.164 e. The van der Waals surface area contributed by atoms with Gasteiger partial charge in [0.15, 0.2) is 17.5 Å². The van der Waals surface area contributed by atoms with Gasteiger partial charge in [0.25, 0.3) is 0 Å². The lowest BCUT2D eigenvalue weighted by atomic mass is 9.82. The Bertz CT molecular complexity index is 3270. The molecule has 1 aliphatic heterocycles. The number of hydrogen-bond donors (Lipinski definition) is 0. The Balaban J connectivity index is 0.945. The molecule has 0 bridgehead atoms. The summed E-state index contributed by atoms with van der Waals surface area (Å²) in [4.78, 5) is 18.3. The number of fused-ring (bicyclic) bond motifs is 6. The van der Waals surface area contributed by atoms with E-state index in [9.17, 15) is 0 Å². The van der Waals surface area contributed by atoms with E-state index < -0.39 is 0 Å². The van der Waals surface area contributed by atoms with Gasteiger partial charge in [0.1, 0.15) is 0 Å². The molecular weight excluding hydrogens is 791 g/mol. The monoisotopic (exact) mass is 829 g/mol. The van der Waals surface area contributed by atoms with Gasteiger partial charge in [-0.05, 0) is 86.0 Å². The van der Waals surface area contributed by atoms with Crippen molar-refractivity contribution in [3.63, 3.8) is 0 Å². The van der Waals surface area contributed by atoms with E-state index in [1.165, 1.54) is 75.5 Å². The van der Waals surface area contributed by atoms with Crippen LogP contribution in [0.25, 0.3) is 89.3 Å². The van der Waals surface area contributed by atoms with Crippen LogP contribution < -0.4 is 0 Å². The Morgan fingerprint density at radius 1 is 0.468 bits per heavy atom. The molecule has 0 saturated heterocycles. The first kappa shape index (κ1) is 36.9. The van der Waals surface area contributed by atoms with Crippen molar-refractivity contribution in [1.82, 2.24) is 15.0 Å². The van der Waals surface area contributed by atoms with Crippen LogP contribution in [0, 0.1) is 0 Å². The molecule has 294 valence electrons. The zero-order chi connectivity index (χ0) is 41.0. The zero-order valence-corrected chi connectivity index (χ0v) is 35.4. The number of thiophene rings is 1.